The Labute approximate surface area is 79.7 Å². The summed E-state index contributed by atoms with van der Waals surface area (Å²) in [4.78, 5) is 13.6. The van der Waals surface area contributed by atoms with Crippen LogP contribution in [0.2, 0.25) is 0 Å². The number of benzene rings is 1. The molecule has 1 aromatic rings. The van der Waals surface area contributed by atoms with Gasteiger partial charge in [-0.25, -0.2) is 4.39 Å². The molecule has 0 radical (unpaired) electrons. The van der Waals surface area contributed by atoms with Crippen LogP contribution in [-0.4, -0.2) is 18.7 Å². The third-order valence-corrected chi connectivity index (χ3v) is 3.04. The highest BCUT2D eigenvalue weighted by atomic mass is 32.2. The van der Waals surface area contributed by atoms with Gasteiger partial charge in [-0.3, -0.25) is 4.79 Å². The standard InChI is InChI=1S/C9H8FNOS/c1-11-7-3-2-6(10)4-8(7)13-5-9(11)12/h2-4H,5H2,1H3. The molecule has 0 aliphatic carbocycles. The van der Waals surface area contributed by atoms with Crippen molar-refractivity contribution in [3.05, 3.63) is 24.0 Å². The van der Waals surface area contributed by atoms with Gasteiger partial charge in [0.25, 0.3) is 0 Å². The molecule has 0 spiro atoms. The van der Waals surface area contributed by atoms with Crippen LogP contribution in [0.1, 0.15) is 0 Å². The monoisotopic (exact) mass is 197 g/mol. The molecule has 1 aliphatic rings. The minimum atomic E-state index is -0.256. The van der Waals surface area contributed by atoms with Crippen LogP contribution in [0, 0.1) is 5.82 Å². The van der Waals surface area contributed by atoms with Crippen molar-refractivity contribution < 1.29 is 9.18 Å². The fraction of sp³-hybridized carbons (Fsp3) is 0.222. The Kier molecular flexibility index (Phi) is 2.00. The molecule has 1 amide bonds. The normalized spacial score (nSPS) is 15.8. The predicted molar refractivity (Wildman–Crippen MR) is 50.5 cm³/mol. The Bertz CT molecular complexity index is 367. The zero-order valence-electron chi connectivity index (χ0n) is 7.08. The van der Waals surface area contributed by atoms with E-state index in [0.29, 0.717) is 5.75 Å². The number of nitrogens with zero attached hydrogens (tertiary/aromatic N) is 1. The topological polar surface area (TPSA) is 20.3 Å². The maximum absolute atomic E-state index is 12.8. The van der Waals surface area contributed by atoms with Crippen LogP contribution in [0.3, 0.4) is 0 Å². The van der Waals surface area contributed by atoms with E-state index in [2.05, 4.69) is 0 Å². The molecule has 13 heavy (non-hydrogen) atoms. The van der Waals surface area contributed by atoms with Crippen molar-refractivity contribution in [1.29, 1.82) is 0 Å². The molecule has 0 bridgehead atoms. The van der Waals surface area contributed by atoms with Gasteiger partial charge in [0.05, 0.1) is 11.4 Å². The summed E-state index contributed by atoms with van der Waals surface area (Å²) >= 11 is 1.38. The van der Waals surface area contributed by atoms with E-state index in [-0.39, 0.29) is 11.7 Å². The van der Waals surface area contributed by atoms with Crippen molar-refractivity contribution in [3.8, 4) is 0 Å². The van der Waals surface area contributed by atoms with Crippen molar-refractivity contribution in [1.82, 2.24) is 0 Å². The fourth-order valence-corrected chi connectivity index (χ4v) is 2.27. The first kappa shape index (κ1) is 8.56. The van der Waals surface area contributed by atoms with Crippen LogP contribution >= 0.6 is 11.8 Å². The molecule has 68 valence electrons. The van der Waals surface area contributed by atoms with Crippen molar-refractivity contribution in [2.24, 2.45) is 0 Å². The Hall–Kier alpha value is -1.03. The molecule has 1 aliphatic heterocycles. The molecule has 0 N–H and O–H groups in total. The summed E-state index contributed by atoms with van der Waals surface area (Å²) in [7, 11) is 1.71. The van der Waals surface area contributed by atoms with Gasteiger partial charge in [0, 0.05) is 11.9 Å². The van der Waals surface area contributed by atoms with E-state index < -0.39 is 0 Å². The number of carbonyl (C=O) groups is 1. The van der Waals surface area contributed by atoms with Crippen LogP contribution in [0.4, 0.5) is 10.1 Å². The number of fused-ring (bicyclic) bond motifs is 1. The molecule has 0 atom stereocenters. The number of halogens is 1. The van der Waals surface area contributed by atoms with Gasteiger partial charge in [-0.1, -0.05) is 0 Å². The minimum Gasteiger partial charge on any atom is -0.314 e. The smallest absolute Gasteiger partial charge is 0.237 e. The molecule has 0 unspecified atom stereocenters. The first-order valence-corrected chi connectivity index (χ1v) is 4.86. The molecule has 0 saturated heterocycles. The molecule has 0 fully saturated rings. The Morgan fingerprint density at radius 2 is 2.31 bits per heavy atom. The van der Waals surface area contributed by atoms with Crippen molar-refractivity contribution in [2.75, 3.05) is 17.7 Å². The lowest BCUT2D eigenvalue weighted by atomic mass is 10.3. The van der Waals surface area contributed by atoms with Crippen LogP contribution < -0.4 is 4.90 Å². The number of hydrogen-bond acceptors (Lipinski definition) is 2. The van der Waals surface area contributed by atoms with Crippen LogP contribution in [0.15, 0.2) is 23.1 Å². The molecule has 0 aromatic heterocycles. The SMILES string of the molecule is CN1C(=O)CSc2cc(F)ccc21. The highest BCUT2D eigenvalue weighted by Crippen LogP contribution is 2.34. The number of hydrogen-bond donors (Lipinski definition) is 0. The highest BCUT2D eigenvalue weighted by Gasteiger charge is 2.21. The van der Waals surface area contributed by atoms with E-state index in [4.69, 9.17) is 0 Å². The maximum atomic E-state index is 12.8. The number of carbonyl (C=O) groups excluding carboxylic acids is 1. The number of rotatable bonds is 0. The molecular formula is C9H8FNOS. The quantitative estimate of drug-likeness (QED) is 0.633. The van der Waals surface area contributed by atoms with Gasteiger partial charge in [-0.2, -0.15) is 0 Å². The van der Waals surface area contributed by atoms with Crippen LogP contribution in [0.5, 0.6) is 0 Å². The van der Waals surface area contributed by atoms with E-state index >= 15 is 0 Å². The zero-order chi connectivity index (χ0) is 9.42. The summed E-state index contributed by atoms with van der Waals surface area (Å²) < 4.78 is 12.8. The van der Waals surface area contributed by atoms with Gasteiger partial charge in [0.15, 0.2) is 0 Å². The third kappa shape index (κ3) is 1.42. The van der Waals surface area contributed by atoms with Gasteiger partial charge in [-0.15, -0.1) is 11.8 Å². The van der Waals surface area contributed by atoms with Gasteiger partial charge in [-0.05, 0) is 18.2 Å². The molecule has 2 rings (SSSR count). The second kappa shape index (κ2) is 3.03. The average molecular weight is 197 g/mol. The predicted octanol–water partition coefficient (Wildman–Crippen LogP) is 1.89. The molecule has 4 heteroatoms. The zero-order valence-corrected chi connectivity index (χ0v) is 7.90. The molecule has 2 nitrogen and oxygen atoms in total. The van der Waals surface area contributed by atoms with Gasteiger partial charge < -0.3 is 4.90 Å². The van der Waals surface area contributed by atoms with Crippen molar-refractivity contribution in [3.63, 3.8) is 0 Å². The first-order valence-electron chi connectivity index (χ1n) is 3.87. The van der Waals surface area contributed by atoms with E-state index in [1.54, 1.807) is 18.0 Å². The number of anilines is 1. The van der Waals surface area contributed by atoms with Crippen molar-refractivity contribution in [2.45, 2.75) is 4.90 Å². The minimum absolute atomic E-state index is 0.0594. The van der Waals surface area contributed by atoms with Crippen molar-refractivity contribution >= 4 is 23.4 Å². The number of thioether (sulfide) groups is 1. The largest absolute Gasteiger partial charge is 0.314 e. The summed E-state index contributed by atoms with van der Waals surface area (Å²) in [5.41, 5.74) is 0.794. The first-order chi connectivity index (χ1) is 6.18. The van der Waals surface area contributed by atoms with Crippen LogP contribution in [-0.2, 0) is 4.79 Å². The van der Waals surface area contributed by atoms with Gasteiger partial charge in [0.1, 0.15) is 5.82 Å². The summed E-state index contributed by atoms with van der Waals surface area (Å²) in [6.45, 7) is 0. The average Bonchev–Trinajstić information content (AvgIpc) is 2.12. The lowest BCUT2D eigenvalue weighted by Crippen LogP contribution is -2.31. The Balaban J connectivity index is 2.49. The summed E-state index contributed by atoms with van der Waals surface area (Å²) in [5.74, 6) is 0.200. The molecule has 1 aromatic carbocycles. The molecule has 0 saturated carbocycles. The van der Waals surface area contributed by atoms with Gasteiger partial charge >= 0.3 is 0 Å². The molecule has 1 heterocycles. The third-order valence-electron chi connectivity index (χ3n) is 2.01. The summed E-state index contributed by atoms with van der Waals surface area (Å²) in [6, 6.07) is 4.46. The Morgan fingerprint density at radius 3 is 3.08 bits per heavy atom. The lowest BCUT2D eigenvalue weighted by Gasteiger charge is -2.24. The van der Waals surface area contributed by atoms with Gasteiger partial charge in [0.2, 0.25) is 5.91 Å². The van der Waals surface area contributed by atoms with Crippen LogP contribution in [0.25, 0.3) is 0 Å². The number of amides is 1. The highest BCUT2D eigenvalue weighted by molar-refractivity contribution is 8.00. The second-order valence-corrected chi connectivity index (χ2v) is 3.87. The fourth-order valence-electron chi connectivity index (χ4n) is 1.25. The second-order valence-electron chi connectivity index (χ2n) is 2.85. The van der Waals surface area contributed by atoms with E-state index in [1.165, 1.54) is 23.9 Å². The maximum Gasteiger partial charge on any atom is 0.237 e. The summed E-state index contributed by atoms with van der Waals surface area (Å²) in [5, 5.41) is 0. The molecular weight excluding hydrogens is 189 g/mol. The van der Waals surface area contributed by atoms with E-state index in [1.807, 2.05) is 0 Å². The van der Waals surface area contributed by atoms with E-state index in [0.717, 1.165) is 10.6 Å². The summed E-state index contributed by atoms with van der Waals surface area (Å²) in [6.07, 6.45) is 0. The lowest BCUT2D eigenvalue weighted by molar-refractivity contribution is -0.116. The van der Waals surface area contributed by atoms with E-state index in [9.17, 15) is 9.18 Å². The Morgan fingerprint density at radius 1 is 1.54 bits per heavy atom.